The Hall–Kier alpha value is -2.22. The zero-order chi connectivity index (χ0) is 16.0. The highest BCUT2D eigenvalue weighted by Crippen LogP contribution is 2.22. The number of hydrogen-bond acceptors (Lipinski definition) is 5. The van der Waals surface area contributed by atoms with Crippen LogP contribution in [0.25, 0.3) is 0 Å². The first kappa shape index (κ1) is 16.8. The lowest BCUT2D eigenvalue weighted by Gasteiger charge is -2.23. The van der Waals surface area contributed by atoms with E-state index in [9.17, 15) is 19.3 Å². The molecule has 0 aromatic heterocycles. The van der Waals surface area contributed by atoms with E-state index >= 15 is 0 Å². The van der Waals surface area contributed by atoms with E-state index in [1.54, 1.807) is 14.0 Å². The van der Waals surface area contributed by atoms with Crippen molar-refractivity contribution in [2.45, 2.75) is 25.3 Å². The van der Waals surface area contributed by atoms with Crippen LogP contribution in [0.15, 0.2) is 18.2 Å². The van der Waals surface area contributed by atoms with Gasteiger partial charge in [-0.15, -0.1) is 0 Å². The lowest BCUT2D eigenvalue weighted by atomic mass is 9.96. The minimum absolute atomic E-state index is 0.166. The van der Waals surface area contributed by atoms with Crippen molar-refractivity contribution in [2.24, 2.45) is 0 Å². The number of hydrogen-bond donors (Lipinski definition) is 2. The van der Waals surface area contributed by atoms with Crippen LogP contribution in [0.1, 0.15) is 19.8 Å². The zero-order valence-electron chi connectivity index (χ0n) is 11.8. The molecule has 0 saturated heterocycles. The SMILES string of the molecule is CNC(C)(CCCOc1ccc([N+](=O)[O-])c(F)c1)C(=O)O. The summed E-state index contributed by atoms with van der Waals surface area (Å²) in [6, 6.07) is 3.27. The number of carboxylic acids is 1. The molecule has 0 amide bonds. The Morgan fingerprint density at radius 1 is 1.57 bits per heavy atom. The number of halogens is 1. The molecule has 8 heteroatoms. The third-order valence-electron chi connectivity index (χ3n) is 3.23. The monoisotopic (exact) mass is 300 g/mol. The molecule has 0 saturated carbocycles. The normalized spacial score (nSPS) is 13.5. The largest absolute Gasteiger partial charge is 0.493 e. The average molecular weight is 300 g/mol. The van der Waals surface area contributed by atoms with Crippen LogP contribution >= 0.6 is 0 Å². The van der Waals surface area contributed by atoms with Gasteiger partial charge in [0.05, 0.1) is 11.5 Å². The van der Waals surface area contributed by atoms with Crippen LogP contribution < -0.4 is 10.1 Å². The molecule has 0 aliphatic rings. The van der Waals surface area contributed by atoms with Crippen LogP contribution in [-0.4, -0.2) is 35.2 Å². The summed E-state index contributed by atoms with van der Waals surface area (Å²) in [5.74, 6) is -1.77. The number of rotatable bonds is 8. The second-order valence-corrected chi connectivity index (χ2v) is 4.71. The molecule has 1 aromatic carbocycles. The highest BCUT2D eigenvalue weighted by molar-refractivity contribution is 5.78. The lowest BCUT2D eigenvalue weighted by Crippen LogP contribution is -2.47. The summed E-state index contributed by atoms with van der Waals surface area (Å²) in [5.41, 5.74) is -1.67. The minimum Gasteiger partial charge on any atom is -0.493 e. The molecular weight excluding hydrogens is 283 g/mol. The molecule has 0 spiro atoms. The standard InChI is InChI=1S/C13H17FN2O5/c1-13(15-2,12(17)18)6-3-7-21-9-4-5-11(16(19)20)10(14)8-9/h4-5,8,15H,3,6-7H2,1-2H3,(H,17,18). The van der Waals surface area contributed by atoms with Crippen LogP contribution in [0.4, 0.5) is 10.1 Å². The number of benzene rings is 1. The van der Waals surface area contributed by atoms with Crippen molar-refractivity contribution < 1.29 is 24.0 Å². The first-order chi connectivity index (χ1) is 9.80. The zero-order valence-corrected chi connectivity index (χ0v) is 11.8. The van der Waals surface area contributed by atoms with E-state index in [0.717, 1.165) is 12.1 Å². The fraction of sp³-hybridized carbons (Fsp3) is 0.462. The van der Waals surface area contributed by atoms with Crippen molar-refractivity contribution in [3.8, 4) is 5.75 Å². The summed E-state index contributed by atoms with van der Waals surface area (Å²) in [6.07, 6.45) is 0.760. The number of nitro groups is 1. The Morgan fingerprint density at radius 2 is 2.24 bits per heavy atom. The van der Waals surface area contributed by atoms with Gasteiger partial charge < -0.3 is 15.2 Å². The summed E-state index contributed by atoms with van der Waals surface area (Å²) >= 11 is 0. The first-order valence-corrected chi connectivity index (χ1v) is 6.29. The van der Waals surface area contributed by atoms with Crippen LogP contribution in [0, 0.1) is 15.9 Å². The topological polar surface area (TPSA) is 102 Å². The maximum atomic E-state index is 13.4. The van der Waals surface area contributed by atoms with Crippen LogP contribution in [0.2, 0.25) is 0 Å². The Bertz CT molecular complexity index is 537. The molecule has 0 bridgehead atoms. The summed E-state index contributed by atoms with van der Waals surface area (Å²) in [6.45, 7) is 1.74. The van der Waals surface area contributed by atoms with E-state index in [0.29, 0.717) is 12.8 Å². The molecule has 116 valence electrons. The molecule has 2 N–H and O–H groups in total. The van der Waals surface area contributed by atoms with Gasteiger partial charge in [0.2, 0.25) is 5.82 Å². The van der Waals surface area contributed by atoms with Crippen molar-refractivity contribution in [2.75, 3.05) is 13.7 Å². The van der Waals surface area contributed by atoms with Crippen LogP contribution in [0.5, 0.6) is 5.75 Å². The minimum atomic E-state index is -1.05. The summed E-state index contributed by atoms with van der Waals surface area (Å²) in [7, 11) is 1.56. The number of likely N-dealkylation sites (N-methyl/N-ethyl adjacent to an activating group) is 1. The quantitative estimate of drug-likeness (QED) is 0.432. The summed E-state index contributed by atoms with van der Waals surface area (Å²) in [4.78, 5) is 20.7. The molecular formula is C13H17FN2O5. The van der Waals surface area contributed by atoms with Crippen molar-refractivity contribution in [3.05, 3.63) is 34.1 Å². The Kier molecular flexibility index (Phi) is 5.60. The predicted octanol–water partition coefficient (Wildman–Crippen LogP) is 1.96. The molecule has 7 nitrogen and oxygen atoms in total. The average Bonchev–Trinajstić information content (AvgIpc) is 2.42. The number of carboxylic acid groups (broad SMARTS) is 1. The maximum Gasteiger partial charge on any atom is 0.323 e. The van der Waals surface area contributed by atoms with Gasteiger partial charge in [0.15, 0.2) is 0 Å². The molecule has 0 heterocycles. The van der Waals surface area contributed by atoms with Crippen molar-refractivity contribution in [1.29, 1.82) is 0 Å². The Labute approximate surface area is 120 Å². The van der Waals surface area contributed by atoms with E-state index in [2.05, 4.69) is 5.32 Å². The molecule has 0 aliphatic carbocycles. The molecule has 21 heavy (non-hydrogen) atoms. The van der Waals surface area contributed by atoms with Crippen LogP contribution in [-0.2, 0) is 4.79 Å². The molecule has 1 aromatic rings. The molecule has 1 unspecified atom stereocenters. The predicted molar refractivity (Wildman–Crippen MR) is 72.9 cm³/mol. The van der Waals surface area contributed by atoms with Gasteiger partial charge in [0, 0.05) is 12.1 Å². The molecule has 1 rings (SSSR count). The van der Waals surface area contributed by atoms with Gasteiger partial charge in [-0.05, 0) is 32.9 Å². The molecule has 1 atom stereocenters. The van der Waals surface area contributed by atoms with Crippen molar-refractivity contribution in [3.63, 3.8) is 0 Å². The second kappa shape index (κ2) is 6.98. The third-order valence-corrected chi connectivity index (χ3v) is 3.23. The van der Waals surface area contributed by atoms with Gasteiger partial charge in [-0.25, -0.2) is 0 Å². The van der Waals surface area contributed by atoms with E-state index in [-0.39, 0.29) is 12.4 Å². The van der Waals surface area contributed by atoms with Gasteiger partial charge in [-0.1, -0.05) is 0 Å². The molecule has 0 aliphatic heterocycles. The Morgan fingerprint density at radius 3 is 2.71 bits per heavy atom. The number of aliphatic carboxylic acids is 1. The fourth-order valence-corrected chi connectivity index (χ4v) is 1.68. The number of nitrogens with one attached hydrogen (secondary N) is 1. The van der Waals surface area contributed by atoms with Crippen molar-refractivity contribution >= 4 is 11.7 Å². The maximum absolute atomic E-state index is 13.4. The molecule has 0 radical (unpaired) electrons. The van der Waals surface area contributed by atoms with E-state index in [4.69, 9.17) is 9.84 Å². The second-order valence-electron chi connectivity index (χ2n) is 4.71. The van der Waals surface area contributed by atoms with Gasteiger partial charge in [0.1, 0.15) is 11.3 Å². The van der Waals surface area contributed by atoms with Gasteiger partial charge in [-0.3, -0.25) is 14.9 Å². The number of nitro benzene ring substituents is 1. The third kappa shape index (κ3) is 4.38. The van der Waals surface area contributed by atoms with Crippen LogP contribution in [0.3, 0.4) is 0 Å². The van der Waals surface area contributed by atoms with Gasteiger partial charge in [0.25, 0.3) is 0 Å². The number of ether oxygens (including phenoxy) is 1. The van der Waals surface area contributed by atoms with Gasteiger partial charge in [-0.2, -0.15) is 4.39 Å². The van der Waals surface area contributed by atoms with E-state index < -0.39 is 27.9 Å². The number of carbonyl (C=O) groups is 1. The summed E-state index contributed by atoms with van der Waals surface area (Å²) in [5, 5.41) is 22.2. The van der Waals surface area contributed by atoms with E-state index in [1.807, 2.05) is 0 Å². The van der Waals surface area contributed by atoms with Crippen molar-refractivity contribution in [1.82, 2.24) is 5.32 Å². The first-order valence-electron chi connectivity index (χ1n) is 6.29. The summed E-state index contributed by atoms with van der Waals surface area (Å²) < 4.78 is 18.6. The highest BCUT2D eigenvalue weighted by atomic mass is 19.1. The number of nitrogens with zero attached hydrogens (tertiary/aromatic N) is 1. The van der Waals surface area contributed by atoms with E-state index in [1.165, 1.54) is 6.07 Å². The fourth-order valence-electron chi connectivity index (χ4n) is 1.68. The highest BCUT2D eigenvalue weighted by Gasteiger charge is 2.30. The lowest BCUT2D eigenvalue weighted by molar-refractivity contribution is -0.387. The smallest absolute Gasteiger partial charge is 0.323 e. The molecule has 0 fully saturated rings. The Balaban J connectivity index is 2.52. The van der Waals surface area contributed by atoms with Gasteiger partial charge >= 0.3 is 11.7 Å².